The molecule has 0 amide bonds. The van der Waals surface area contributed by atoms with E-state index in [0.717, 1.165) is 0 Å². The number of alkyl halides is 1. The Balaban J connectivity index is 2.42. The number of ether oxygens (including phenoxy) is 1. The Morgan fingerprint density at radius 1 is 1.58 bits per heavy atom. The third-order valence-corrected chi connectivity index (χ3v) is 4.52. The van der Waals surface area contributed by atoms with E-state index in [2.05, 4.69) is 4.98 Å². The summed E-state index contributed by atoms with van der Waals surface area (Å²) in [5, 5.41) is 9.09. The molecule has 0 aromatic carbocycles. The minimum atomic E-state index is -0.757. The molecule has 4 atom stereocenters. The third-order valence-electron chi connectivity index (χ3n) is 3.93. The fourth-order valence-corrected chi connectivity index (χ4v) is 2.89. The molecule has 1 fully saturated rings. The highest BCUT2D eigenvalue weighted by Crippen LogP contribution is 2.45. The predicted octanol–water partition coefficient (Wildman–Crippen LogP) is 0.450. The molecule has 106 valence electrons. The summed E-state index contributed by atoms with van der Waals surface area (Å²) in [6.45, 7) is 3.62. The van der Waals surface area contributed by atoms with Gasteiger partial charge in [-0.15, -0.1) is 11.6 Å². The summed E-state index contributed by atoms with van der Waals surface area (Å²) in [5.74, 6) is -0.118. The second-order valence-electron chi connectivity index (χ2n) is 4.84. The smallest absolute Gasteiger partial charge is 0.330 e. The summed E-state index contributed by atoms with van der Waals surface area (Å²) >= 11 is 6.33. The van der Waals surface area contributed by atoms with E-state index in [-0.39, 0.29) is 12.5 Å². The van der Waals surface area contributed by atoms with Gasteiger partial charge in [0.05, 0.1) is 17.6 Å². The Morgan fingerprint density at radius 3 is 2.74 bits per heavy atom. The van der Waals surface area contributed by atoms with Crippen molar-refractivity contribution in [3.63, 3.8) is 0 Å². The van der Waals surface area contributed by atoms with Crippen LogP contribution in [0.5, 0.6) is 0 Å². The number of nitrogens with one attached hydrogen (secondary N) is 1. The molecule has 1 aromatic heterocycles. The average molecular weight is 289 g/mol. The van der Waals surface area contributed by atoms with E-state index in [1.54, 1.807) is 0 Å². The summed E-state index contributed by atoms with van der Waals surface area (Å²) in [4.78, 5) is 25.0. The molecule has 19 heavy (non-hydrogen) atoms. The van der Waals surface area contributed by atoms with Crippen molar-refractivity contribution in [2.75, 3.05) is 6.61 Å². The number of H-pyrrole nitrogens is 1. The molecule has 1 aliphatic heterocycles. The van der Waals surface area contributed by atoms with Crippen molar-refractivity contribution in [1.82, 2.24) is 9.55 Å². The van der Waals surface area contributed by atoms with E-state index in [1.807, 2.05) is 13.8 Å². The number of aliphatic hydroxyl groups excluding tert-OH is 1. The second-order valence-corrected chi connectivity index (χ2v) is 5.34. The fraction of sp³-hybridized carbons (Fsp3) is 0.667. The molecule has 1 aromatic rings. The zero-order chi connectivity index (χ0) is 14.2. The van der Waals surface area contributed by atoms with Crippen LogP contribution in [0.15, 0.2) is 21.9 Å². The molecule has 2 N–H and O–H groups in total. The molecule has 7 heteroatoms. The maximum atomic E-state index is 11.8. The molecule has 2 rings (SSSR count). The summed E-state index contributed by atoms with van der Waals surface area (Å²) < 4.78 is 7.09. The number of rotatable bonds is 3. The van der Waals surface area contributed by atoms with E-state index >= 15 is 0 Å². The minimum absolute atomic E-state index is 0.118. The Hall–Kier alpha value is -1.11. The van der Waals surface area contributed by atoms with Crippen molar-refractivity contribution in [3.05, 3.63) is 33.1 Å². The molecule has 0 aliphatic carbocycles. The van der Waals surface area contributed by atoms with Crippen LogP contribution in [0.4, 0.5) is 0 Å². The second kappa shape index (κ2) is 5.11. The lowest BCUT2D eigenvalue weighted by molar-refractivity contribution is -0.112. The van der Waals surface area contributed by atoms with Crippen LogP contribution in [0.1, 0.15) is 26.5 Å². The first kappa shape index (κ1) is 14.3. The maximum absolute atomic E-state index is 11.8. The van der Waals surface area contributed by atoms with E-state index in [4.69, 9.17) is 16.3 Å². The Kier molecular flexibility index (Phi) is 3.85. The molecule has 1 aliphatic rings. The molecule has 0 spiro atoms. The normalized spacial score (nSPS) is 34.6. The number of aromatic nitrogens is 2. The van der Waals surface area contributed by atoms with Gasteiger partial charge in [-0.3, -0.25) is 14.3 Å². The number of aromatic amines is 1. The van der Waals surface area contributed by atoms with Gasteiger partial charge in [-0.05, 0) is 6.42 Å². The van der Waals surface area contributed by atoms with Gasteiger partial charge in [0.1, 0.15) is 0 Å². The van der Waals surface area contributed by atoms with Gasteiger partial charge in [0, 0.05) is 18.2 Å². The molecule has 1 saturated heterocycles. The molecule has 0 radical (unpaired) electrons. The van der Waals surface area contributed by atoms with Crippen LogP contribution < -0.4 is 11.2 Å². The minimum Gasteiger partial charge on any atom is -0.393 e. The zero-order valence-electron chi connectivity index (χ0n) is 10.8. The first-order chi connectivity index (χ1) is 8.95. The molecule has 6 nitrogen and oxygen atoms in total. The Morgan fingerprint density at radius 2 is 2.26 bits per heavy atom. The monoisotopic (exact) mass is 288 g/mol. The van der Waals surface area contributed by atoms with Crippen molar-refractivity contribution in [2.24, 2.45) is 5.92 Å². The van der Waals surface area contributed by atoms with Gasteiger partial charge in [0.2, 0.25) is 0 Å². The number of hydrogen-bond acceptors (Lipinski definition) is 4. The van der Waals surface area contributed by atoms with Gasteiger partial charge in [0.25, 0.3) is 5.56 Å². The lowest BCUT2D eigenvalue weighted by Crippen LogP contribution is -2.39. The number of halogens is 1. The quantitative estimate of drug-likeness (QED) is 0.791. The summed E-state index contributed by atoms with van der Waals surface area (Å²) in [5.41, 5.74) is -1.80. The van der Waals surface area contributed by atoms with E-state index in [1.165, 1.54) is 16.8 Å². The Bertz CT molecular complexity index is 563. The highest BCUT2D eigenvalue weighted by atomic mass is 35.5. The molecular formula is C12H17ClN2O4. The van der Waals surface area contributed by atoms with E-state index in [0.29, 0.717) is 6.42 Å². The Labute approximate surface area is 115 Å². The first-order valence-corrected chi connectivity index (χ1v) is 6.63. The highest BCUT2D eigenvalue weighted by molar-refractivity contribution is 6.21. The zero-order valence-corrected chi connectivity index (χ0v) is 11.6. The van der Waals surface area contributed by atoms with Crippen LogP contribution in [0, 0.1) is 5.92 Å². The van der Waals surface area contributed by atoms with Gasteiger partial charge < -0.3 is 9.84 Å². The maximum Gasteiger partial charge on any atom is 0.330 e. The van der Waals surface area contributed by atoms with Crippen LogP contribution in [0.25, 0.3) is 0 Å². The topological polar surface area (TPSA) is 84.3 Å². The van der Waals surface area contributed by atoms with Crippen molar-refractivity contribution in [2.45, 2.75) is 37.5 Å². The van der Waals surface area contributed by atoms with Crippen molar-refractivity contribution >= 4 is 11.6 Å². The third kappa shape index (κ3) is 2.24. The summed E-state index contributed by atoms with van der Waals surface area (Å²) in [6.07, 6.45) is 1.24. The van der Waals surface area contributed by atoms with Crippen LogP contribution in [-0.4, -0.2) is 32.2 Å². The van der Waals surface area contributed by atoms with Crippen LogP contribution in [0.2, 0.25) is 0 Å². The number of aliphatic hydroxyl groups is 1. The lowest BCUT2D eigenvalue weighted by atomic mass is 9.87. The first-order valence-electron chi connectivity index (χ1n) is 6.19. The molecular weight excluding hydrogens is 272 g/mol. The van der Waals surface area contributed by atoms with Gasteiger partial charge in [-0.25, -0.2) is 4.79 Å². The van der Waals surface area contributed by atoms with E-state index < -0.39 is 28.5 Å². The summed E-state index contributed by atoms with van der Waals surface area (Å²) in [7, 11) is 0. The van der Waals surface area contributed by atoms with Crippen molar-refractivity contribution in [1.29, 1.82) is 0 Å². The lowest BCUT2D eigenvalue weighted by Gasteiger charge is -2.29. The number of nitrogens with zero attached hydrogens (tertiary/aromatic N) is 1. The van der Waals surface area contributed by atoms with Gasteiger partial charge >= 0.3 is 5.69 Å². The van der Waals surface area contributed by atoms with Gasteiger partial charge in [0.15, 0.2) is 6.23 Å². The van der Waals surface area contributed by atoms with Crippen molar-refractivity contribution in [3.8, 4) is 0 Å². The van der Waals surface area contributed by atoms with Crippen LogP contribution in [-0.2, 0) is 4.74 Å². The van der Waals surface area contributed by atoms with Gasteiger partial charge in [-0.1, -0.05) is 13.8 Å². The van der Waals surface area contributed by atoms with Gasteiger partial charge in [-0.2, -0.15) is 0 Å². The highest BCUT2D eigenvalue weighted by Gasteiger charge is 2.51. The predicted molar refractivity (Wildman–Crippen MR) is 70.4 cm³/mol. The standard InChI is InChI=1S/C12H17ClN2O4/c1-3-12(6-16)7(2)9(13)10(19-12)15-5-4-8(17)14-11(15)18/h4-5,7,9-10,16H,3,6H2,1-2H3,(H,14,17,18)/t7-,9+,10+,12-/m0/s1. The van der Waals surface area contributed by atoms with Crippen LogP contribution in [0.3, 0.4) is 0 Å². The fourth-order valence-electron chi connectivity index (χ4n) is 2.49. The molecule has 0 unspecified atom stereocenters. The molecule has 0 bridgehead atoms. The average Bonchev–Trinajstić information content (AvgIpc) is 2.64. The summed E-state index contributed by atoms with van der Waals surface area (Å²) in [6, 6.07) is 1.24. The molecule has 2 heterocycles. The van der Waals surface area contributed by atoms with Crippen LogP contribution >= 0.6 is 11.6 Å². The largest absolute Gasteiger partial charge is 0.393 e. The van der Waals surface area contributed by atoms with Crippen molar-refractivity contribution < 1.29 is 9.84 Å². The van der Waals surface area contributed by atoms with E-state index in [9.17, 15) is 14.7 Å². The number of hydrogen-bond donors (Lipinski definition) is 2. The molecule has 0 saturated carbocycles. The SMILES string of the molecule is CC[C@@]1(CO)O[C@@H](n2ccc(=O)[nH]c2=O)[C@H](Cl)[C@@H]1C.